The molecule has 6 rings (SSSR count). The lowest BCUT2D eigenvalue weighted by Crippen LogP contribution is -2.65. The molecule has 2 amide bonds. The van der Waals surface area contributed by atoms with Crippen molar-refractivity contribution in [2.24, 2.45) is 11.3 Å². The Kier molecular flexibility index (Phi) is 10.3. The molecule has 1 saturated heterocycles. The van der Waals surface area contributed by atoms with Crippen molar-refractivity contribution < 1.29 is 14.3 Å². The number of benzene rings is 1. The number of hydrogen-bond donors (Lipinski definition) is 0. The number of ether oxygens (including phenoxy) is 1. The van der Waals surface area contributed by atoms with E-state index < -0.39 is 17.7 Å². The predicted molar refractivity (Wildman–Crippen MR) is 192 cm³/mol. The number of hydrogen-bond acceptors (Lipinski definition) is 5. The number of rotatable bonds is 7. The van der Waals surface area contributed by atoms with Crippen LogP contribution in [0.4, 0.5) is 4.79 Å². The molecular weight excluding hydrogens is 692 g/mol. The van der Waals surface area contributed by atoms with Gasteiger partial charge >= 0.3 is 6.09 Å². The Hall–Kier alpha value is -3.34. The molecule has 9 nitrogen and oxygen atoms in total. The lowest BCUT2D eigenvalue weighted by atomic mass is 9.67. The molecule has 0 bridgehead atoms. The molecule has 2 aromatic rings. The summed E-state index contributed by atoms with van der Waals surface area (Å²) in [5.74, 6) is 0.0835. The fourth-order valence-corrected chi connectivity index (χ4v) is 8.05. The molecule has 1 aromatic carbocycles. The normalized spacial score (nSPS) is 26.0. The average molecular weight is 737 g/mol. The van der Waals surface area contributed by atoms with Gasteiger partial charge < -0.3 is 19.5 Å². The SMILES string of the molecule is CC(C)(C)OC(=O)N1CCN([C@H]2C3=C(C=C(Br)C[N-]3)CCC3C=C(Cl)C=CC32C)CC1C(=O)N(CCn1ccnc1)Cc1ccccc1. The third-order valence-corrected chi connectivity index (χ3v) is 10.5. The van der Waals surface area contributed by atoms with Gasteiger partial charge in [0.05, 0.1) is 6.33 Å². The molecule has 1 aromatic heterocycles. The summed E-state index contributed by atoms with van der Waals surface area (Å²) < 4.78 is 8.93. The quantitative estimate of drug-likeness (QED) is 0.300. The van der Waals surface area contributed by atoms with Gasteiger partial charge in [0, 0.05) is 68.2 Å². The lowest BCUT2D eigenvalue weighted by molar-refractivity contribution is -0.141. The summed E-state index contributed by atoms with van der Waals surface area (Å²) in [6, 6.07) is 9.13. The van der Waals surface area contributed by atoms with Crippen LogP contribution in [0.3, 0.4) is 0 Å². The summed E-state index contributed by atoms with van der Waals surface area (Å²) in [7, 11) is 0. The van der Waals surface area contributed by atoms with Crippen molar-refractivity contribution in [3.05, 3.63) is 105 Å². The lowest BCUT2D eigenvalue weighted by Gasteiger charge is -2.54. The Morgan fingerprint density at radius 3 is 2.73 bits per heavy atom. The van der Waals surface area contributed by atoms with Crippen LogP contribution in [-0.4, -0.2) is 86.7 Å². The van der Waals surface area contributed by atoms with Crippen LogP contribution in [0, 0.1) is 11.3 Å². The van der Waals surface area contributed by atoms with Crippen LogP contribution < -0.4 is 0 Å². The van der Waals surface area contributed by atoms with Crippen LogP contribution in [-0.2, 0) is 22.6 Å². The highest BCUT2D eigenvalue weighted by Crippen LogP contribution is 2.51. The van der Waals surface area contributed by atoms with Gasteiger partial charge in [-0.3, -0.25) is 14.6 Å². The zero-order valence-corrected chi connectivity index (χ0v) is 30.5. The first-order chi connectivity index (χ1) is 22.9. The number of imidazole rings is 1. The van der Waals surface area contributed by atoms with E-state index in [1.165, 1.54) is 5.57 Å². The second kappa shape index (κ2) is 14.3. The number of amides is 2. The minimum atomic E-state index is -0.757. The number of fused-ring (bicyclic) bond motifs is 1. The number of halogens is 2. The molecule has 0 N–H and O–H groups in total. The number of carbonyl (C=O) groups is 2. The fraction of sp³-hybridized carbons (Fsp3) is 0.486. The minimum Gasteiger partial charge on any atom is -0.682 e. The van der Waals surface area contributed by atoms with E-state index in [0.29, 0.717) is 45.8 Å². The third kappa shape index (κ3) is 7.61. The largest absolute Gasteiger partial charge is 0.682 e. The number of carbonyl (C=O) groups excluding carboxylic acids is 2. The monoisotopic (exact) mass is 735 g/mol. The Bertz CT molecular complexity index is 1610. The molecule has 11 heteroatoms. The standard InChI is InChI=1S/C37H45BrClN6O3/c1-36(2,3)48-35(47)45-19-18-43(33-32-27(20-29(38)22-41-32)10-11-28-21-30(39)12-13-37(28,33)4)24-31(45)34(46)44(17-16-42-15-14-40-25-42)23-26-8-6-5-7-9-26/h5-9,12-15,20-21,25,28,31,33H,10-11,16-19,22-24H2,1-4H3/q-1/t28?,31?,33-,37?/m0/s1. The van der Waals surface area contributed by atoms with Gasteiger partial charge in [0.2, 0.25) is 5.91 Å². The zero-order valence-electron chi connectivity index (χ0n) is 28.2. The van der Waals surface area contributed by atoms with Gasteiger partial charge in [0.1, 0.15) is 11.6 Å². The van der Waals surface area contributed by atoms with Crippen LogP contribution in [0.5, 0.6) is 0 Å². The number of allylic oxidation sites excluding steroid dienone is 5. The summed E-state index contributed by atoms with van der Waals surface area (Å²) in [5, 5.41) is 5.90. The molecular formula is C37H45BrClN6O3-. The molecule has 48 heavy (non-hydrogen) atoms. The van der Waals surface area contributed by atoms with Gasteiger partial charge in [-0.2, -0.15) is 0 Å². The van der Waals surface area contributed by atoms with Crippen molar-refractivity contribution in [3.8, 4) is 0 Å². The first kappa shape index (κ1) is 34.5. The van der Waals surface area contributed by atoms with E-state index in [4.69, 9.17) is 21.7 Å². The maximum absolute atomic E-state index is 14.9. The van der Waals surface area contributed by atoms with Crippen LogP contribution in [0.15, 0.2) is 94.1 Å². The zero-order chi connectivity index (χ0) is 34.1. The Labute approximate surface area is 297 Å². The van der Waals surface area contributed by atoms with Crippen molar-refractivity contribution in [1.82, 2.24) is 24.3 Å². The van der Waals surface area contributed by atoms with Gasteiger partial charge in [-0.05, 0) is 55.7 Å². The molecule has 256 valence electrons. The smallest absolute Gasteiger partial charge is 0.411 e. The number of nitrogens with zero attached hydrogens (tertiary/aromatic N) is 6. The fourth-order valence-electron chi connectivity index (χ4n) is 7.43. The highest BCUT2D eigenvalue weighted by atomic mass is 79.9. The van der Waals surface area contributed by atoms with Crippen molar-refractivity contribution in [1.29, 1.82) is 0 Å². The predicted octanol–water partition coefficient (Wildman–Crippen LogP) is 7.23. The van der Waals surface area contributed by atoms with Crippen LogP contribution in [0.1, 0.15) is 46.1 Å². The Morgan fingerprint density at radius 2 is 2.00 bits per heavy atom. The first-order valence-electron chi connectivity index (χ1n) is 16.8. The summed E-state index contributed by atoms with van der Waals surface area (Å²) in [4.78, 5) is 38.8. The Morgan fingerprint density at radius 1 is 1.21 bits per heavy atom. The summed E-state index contributed by atoms with van der Waals surface area (Å²) in [6.07, 6.45) is 15.4. The van der Waals surface area contributed by atoms with E-state index >= 15 is 0 Å². The van der Waals surface area contributed by atoms with E-state index in [0.717, 1.165) is 33.6 Å². The van der Waals surface area contributed by atoms with Gasteiger partial charge in [0.15, 0.2) is 0 Å². The molecule has 0 saturated carbocycles. The molecule has 3 unspecified atom stereocenters. The van der Waals surface area contributed by atoms with Gasteiger partial charge in [0.25, 0.3) is 0 Å². The van der Waals surface area contributed by atoms with Crippen LogP contribution in [0.25, 0.3) is 5.32 Å². The Balaban J connectivity index is 1.37. The third-order valence-electron chi connectivity index (χ3n) is 9.80. The first-order valence-corrected chi connectivity index (χ1v) is 17.9. The maximum Gasteiger partial charge on any atom is 0.411 e. The molecule has 2 aliphatic heterocycles. The van der Waals surface area contributed by atoms with E-state index in [-0.39, 0.29) is 23.3 Å². The van der Waals surface area contributed by atoms with Crippen molar-refractivity contribution in [3.63, 3.8) is 0 Å². The second-order valence-electron chi connectivity index (χ2n) is 14.3. The molecule has 1 fully saturated rings. The van der Waals surface area contributed by atoms with Gasteiger partial charge in [-0.1, -0.05) is 95.1 Å². The summed E-state index contributed by atoms with van der Waals surface area (Å²) >= 11 is 10.3. The van der Waals surface area contributed by atoms with E-state index in [1.54, 1.807) is 17.4 Å². The minimum absolute atomic E-state index is 0.107. The van der Waals surface area contributed by atoms with Crippen LogP contribution >= 0.6 is 27.5 Å². The molecule has 0 spiro atoms. The topological polar surface area (TPSA) is 85.0 Å². The number of piperazine rings is 1. The molecule has 2 aliphatic carbocycles. The average Bonchev–Trinajstić information content (AvgIpc) is 3.54. The van der Waals surface area contributed by atoms with Crippen LogP contribution in [0.2, 0.25) is 0 Å². The summed E-state index contributed by atoms with van der Waals surface area (Å²) in [6.45, 7) is 11.2. The highest BCUT2D eigenvalue weighted by Gasteiger charge is 2.48. The van der Waals surface area contributed by atoms with Gasteiger partial charge in [-0.15, -0.1) is 5.70 Å². The summed E-state index contributed by atoms with van der Waals surface area (Å²) in [5.41, 5.74) is 2.29. The molecule has 0 radical (unpaired) electrons. The second-order valence-corrected chi connectivity index (χ2v) is 15.8. The van der Waals surface area contributed by atoms with Crippen molar-refractivity contribution in [2.45, 2.75) is 71.3 Å². The highest BCUT2D eigenvalue weighted by molar-refractivity contribution is 9.11. The van der Waals surface area contributed by atoms with E-state index in [9.17, 15) is 9.59 Å². The van der Waals surface area contributed by atoms with Crippen molar-refractivity contribution in [2.75, 3.05) is 32.7 Å². The van der Waals surface area contributed by atoms with E-state index in [2.05, 4.69) is 51.0 Å². The number of aromatic nitrogens is 2. The van der Waals surface area contributed by atoms with Crippen molar-refractivity contribution >= 4 is 39.5 Å². The molecule has 4 atom stereocenters. The molecule has 3 heterocycles. The van der Waals surface area contributed by atoms with E-state index in [1.807, 2.05) is 72.8 Å². The molecule has 4 aliphatic rings. The van der Waals surface area contributed by atoms with Gasteiger partial charge in [-0.25, -0.2) is 9.78 Å². The maximum atomic E-state index is 14.9.